The average molecular weight is 256 g/mol. The first-order chi connectivity index (χ1) is 8.66. The molecule has 0 unspecified atom stereocenters. The van der Waals surface area contributed by atoms with Crippen molar-refractivity contribution in [2.45, 2.75) is 64.7 Å². The van der Waals surface area contributed by atoms with Gasteiger partial charge in [0.25, 0.3) is 0 Å². The van der Waals surface area contributed by atoms with Crippen molar-refractivity contribution in [3.63, 3.8) is 0 Å². The lowest BCUT2D eigenvalue weighted by atomic mass is 10.1. The van der Waals surface area contributed by atoms with E-state index in [-0.39, 0.29) is 18.8 Å². The number of unbranched alkanes of at least 4 members (excludes halogenated alkanes) is 5. The fraction of sp³-hybridized carbons (Fsp3) is 0.714. The van der Waals surface area contributed by atoms with Gasteiger partial charge in [0, 0.05) is 12.8 Å². The van der Waals surface area contributed by atoms with Gasteiger partial charge in [-0.05, 0) is 31.8 Å². The van der Waals surface area contributed by atoms with Crippen molar-refractivity contribution in [3.8, 4) is 0 Å². The van der Waals surface area contributed by atoms with Gasteiger partial charge in [-0.2, -0.15) is 0 Å². The third-order valence-corrected chi connectivity index (χ3v) is 2.54. The summed E-state index contributed by atoms with van der Waals surface area (Å²) in [5.74, 6) is -1.11. The Kier molecular flexibility index (Phi) is 11.3. The number of aliphatic carboxylic acids is 1. The van der Waals surface area contributed by atoms with E-state index in [9.17, 15) is 9.59 Å². The first kappa shape index (κ1) is 16.7. The van der Waals surface area contributed by atoms with Crippen LogP contribution in [0.4, 0.5) is 0 Å². The maximum Gasteiger partial charge on any atom is 0.310 e. The third kappa shape index (κ3) is 12.7. The SMILES string of the molecule is CCCCCCC=COC(=O)CCCCC(=O)O. The molecule has 0 fully saturated rings. The van der Waals surface area contributed by atoms with Gasteiger partial charge in [-0.25, -0.2) is 0 Å². The normalized spacial score (nSPS) is 10.7. The molecule has 0 radical (unpaired) electrons. The second-order valence-electron chi connectivity index (χ2n) is 4.31. The van der Waals surface area contributed by atoms with Gasteiger partial charge in [0.2, 0.25) is 0 Å². The lowest BCUT2D eigenvalue weighted by Crippen LogP contribution is -2.00. The number of carbonyl (C=O) groups excluding carboxylic acids is 1. The molecular weight excluding hydrogens is 232 g/mol. The van der Waals surface area contributed by atoms with Crippen LogP contribution in [0.5, 0.6) is 0 Å². The highest BCUT2D eigenvalue weighted by molar-refractivity contribution is 5.70. The van der Waals surface area contributed by atoms with E-state index >= 15 is 0 Å². The zero-order valence-electron chi connectivity index (χ0n) is 11.2. The molecule has 104 valence electrons. The number of hydrogen-bond acceptors (Lipinski definition) is 3. The summed E-state index contributed by atoms with van der Waals surface area (Å²) >= 11 is 0. The van der Waals surface area contributed by atoms with Crippen LogP contribution in [0.3, 0.4) is 0 Å². The number of allylic oxidation sites excluding steroid dienone is 1. The van der Waals surface area contributed by atoms with Gasteiger partial charge in [-0.15, -0.1) is 0 Å². The first-order valence-electron chi connectivity index (χ1n) is 6.73. The fourth-order valence-electron chi connectivity index (χ4n) is 1.49. The van der Waals surface area contributed by atoms with Gasteiger partial charge >= 0.3 is 11.9 Å². The van der Waals surface area contributed by atoms with Gasteiger partial charge < -0.3 is 9.84 Å². The van der Waals surface area contributed by atoms with Gasteiger partial charge in [-0.1, -0.05) is 26.2 Å². The van der Waals surface area contributed by atoms with Gasteiger partial charge in [0.15, 0.2) is 0 Å². The number of rotatable bonds is 11. The van der Waals surface area contributed by atoms with Crippen LogP contribution < -0.4 is 0 Å². The van der Waals surface area contributed by atoms with E-state index in [0.717, 1.165) is 12.8 Å². The second-order valence-corrected chi connectivity index (χ2v) is 4.31. The summed E-state index contributed by atoms with van der Waals surface area (Å²) in [5, 5.41) is 8.41. The molecule has 4 heteroatoms. The standard InChI is InChI=1S/C14H24O4/c1-2-3-4-5-6-9-12-18-14(17)11-8-7-10-13(15)16/h9,12H,2-8,10-11H2,1H3,(H,15,16). The van der Waals surface area contributed by atoms with Crippen LogP contribution in [0.2, 0.25) is 0 Å². The van der Waals surface area contributed by atoms with E-state index in [2.05, 4.69) is 6.92 Å². The Morgan fingerprint density at radius 2 is 1.78 bits per heavy atom. The summed E-state index contributed by atoms with van der Waals surface area (Å²) in [7, 11) is 0. The fourth-order valence-corrected chi connectivity index (χ4v) is 1.49. The number of carboxylic acid groups (broad SMARTS) is 1. The molecule has 0 saturated heterocycles. The number of esters is 1. The van der Waals surface area contributed by atoms with Crippen LogP contribution in [0, 0.1) is 0 Å². The lowest BCUT2D eigenvalue weighted by molar-refractivity contribution is -0.139. The minimum absolute atomic E-state index is 0.112. The van der Waals surface area contributed by atoms with Crippen molar-refractivity contribution >= 4 is 11.9 Å². The highest BCUT2D eigenvalue weighted by Crippen LogP contribution is 2.04. The number of hydrogen-bond donors (Lipinski definition) is 1. The highest BCUT2D eigenvalue weighted by Gasteiger charge is 2.02. The largest absolute Gasteiger partial charge is 0.481 e. The highest BCUT2D eigenvalue weighted by atomic mass is 16.5. The Bertz CT molecular complexity index is 259. The van der Waals surface area contributed by atoms with E-state index in [4.69, 9.17) is 9.84 Å². The minimum Gasteiger partial charge on any atom is -0.481 e. The molecule has 0 amide bonds. The first-order valence-corrected chi connectivity index (χ1v) is 6.73. The van der Waals surface area contributed by atoms with Gasteiger partial charge in [0.1, 0.15) is 0 Å². The molecule has 0 bridgehead atoms. The van der Waals surface area contributed by atoms with Gasteiger partial charge in [-0.3, -0.25) is 9.59 Å². The smallest absolute Gasteiger partial charge is 0.310 e. The van der Waals surface area contributed by atoms with Crippen LogP contribution in [-0.2, 0) is 14.3 Å². The summed E-state index contributed by atoms with van der Waals surface area (Å²) in [6.45, 7) is 2.17. The zero-order valence-corrected chi connectivity index (χ0v) is 11.2. The maximum absolute atomic E-state index is 11.2. The summed E-state index contributed by atoms with van der Waals surface area (Å²) in [6.07, 6.45) is 10.5. The van der Waals surface area contributed by atoms with E-state index in [1.165, 1.54) is 25.5 Å². The third-order valence-electron chi connectivity index (χ3n) is 2.54. The molecule has 0 aliphatic carbocycles. The van der Waals surface area contributed by atoms with Crippen LogP contribution in [0.1, 0.15) is 64.7 Å². The van der Waals surface area contributed by atoms with Crippen molar-refractivity contribution in [2.24, 2.45) is 0 Å². The predicted octanol–water partition coefficient (Wildman–Crippen LogP) is 3.66. The van der Waals surface area contributed by atoms with Gasteiger partial charge in [0.05, 0.1) is 6.26 Å². The van der Waals surface area contributed by atoms with Crippen LogP contribution >= 0.6 is 0 Å². The molecule has 0 aromatic carbocycles. The van der Waals surface area contributed by atoms with E-state index in [1.807, 2.05) is 6.08 Å². The molecule has 0 aromatic heterocycles. The van der Waals surface area contributed by atoms with E-state index in [0.29, 0.717) is 12.8 Å². The van der Waals surface area contributed by atoms with Crippen LogP contribution in [-0.4, -0.2) is 17.0 Å². The molecule has 4 nitrogen and oxygen atoms in total. The molecule has 0 heterocycles. The molecule has 18 heavy (non-hydrogen) atoms. The van der Waals surface area contributed by atoms with Crippen molar-refractivity contribution < 1.29 is 19.4 Å². The minimum atomic E-state index is -0.824. The molecule has 0 atom stereocenters. The summed E-state index contributed by atoms with van der Waals surface area (Å²) in [5.41, 5.74) is 0. The van der Waals surface area contributed by atoms with E-state index < -0.39 is 5.97 Å². The second kappa shape index (κ2) is 12.1. The van der Waals surface area contributed by atoms with Crippen LogP contribution in [0.25, 0.3) is 0 Å². The number of carboxylic acids is 1. The van der Waals surface area contributed by atoms with Crippen molar-refractivity contribution in [2.75, 3.05) is 0 Å². The quantitative estimate of drug-likeness (QED) is 0.348. The molecule has 0 aromatic rings. The Morgan fingerprint density at radius 1 is 1.06 bits per heavy atom. The Hall–Kier alpha value is -1.32. The Morgan fingerprint density at radius 3 is 2.44 bits per heavy atom. The van der Waals surface area contributed by atoms with Crippen molar-refractivity contribution in [1.29, 1.82) is 0 Å². The average Bonchev–Trinajstić information content (AvgIpc) is 2.33. The van der Waals surface area contributed by atoms with E-state index in [1.54, 1.807) is 0 Å². The lowest BCUT2D eigenvalue weighted by Gasteiger charge is -1.99. The molecule has 0 saturated carbocycles. The predicted molar refractivity (Wildman–Crippen MR) is 70.1 cm³/mol. The zero-order chi connectivity index (χ0) is 13.6. The topological polar surface area (TPSA) is 63.6 Å². The summed E-state index contributed by atoms with van der Waals surface area (Å²) in [6, 6.07) is 0. The van der Waals surface area contributed by atoms with Crippen molar-refractivity contribution in [3.05, 3.63) is 12.3 Å². The van der Waals surface area contributed by atoms with Crippen molar-refractivity contribution in [1.82, 2.24) is 0 Å². The molecule has 0 spiro atoms. The summed E-state index contributed by atoms with van der Waals surface area (Å²) < 4.78 is 4.89. The maximum atomic E-state index is 11.2. The Balaban J connectivity index is 3.35. The number of ether oxygens (including phenoxy) is 1. The molecule has 1 N–H and O–H groups in total. The molecular formula is C14H24O4. The molecule has 0 rings (SSSR count). The molecule has 0 aliphatic rings. The Labute approximate surface area is 109 Å². The monoisotopic (exact) mass is 256 g/mol. The number of carbonyl (C=O) groups is 2. The summed E-state index contributed by atoms with van der Waals surface area (Å²) in [4.78, 5) is 21.4. The van der Waals surface area contributed by atoms with Crippen LogP contribution in [0.15, 0.2) is 12.3 Å². The molecule has 0 aliphatic heterocycles.